The monoisotopic (exact) mass is 506 g/mol. The molecule has 3 saturated carbocycles. The Morgan fingerprint density at radius 1 is 1.11 bits per heavy atom. The van der Waals surface area contributed by atoms with Gasteiger partial charge in [0, 0.05) is 26.2 Å². The summed E-state index contributed by atoms with van der Waals surface area (Å²) in [5.41, 5.74) is 3.57. The molecule has 0 aromatic heterocycles. The van der Waals surface area contributed by atoms with E-state index in [0.29, 0.717) is 48.8 Å². The molecule has 4 fully saturated rings. The summed E-state index contributed by atoms with van der Waals surface area (Å²) in [6, 6.07) is 0. The van der Waals surface area contributed by atoms with E-state index in [2.05, 4.69) is 37.5 Å². The van der Waals surface area contributed by atoms with Crippen molar-refractivity contribution in [2.24, 2.45) is 23.2 Å². The van der Waals surface area contributed by atoms with Gasteiger partial charge >= 0.3 is 0 Å². The molecule has 2 N–H and O–H groups in total. The third kappa shape index (κ3) is 5.96. The highest BCUT2D eigenvalue weighted by Gasteiger charge is 2.50. The first-order valence-corrected chi connectivity index (χ1v) is 15.4. The maximum Gasteiger partial charge on any atom is 0.211 e. The van der Waals surface area contributed by atoms with Crippen LogP contribution in [0.3, 0.4) is 0 Å². The van der Waals surface area contributed by atoms with Crippen LogP contribution in [0.15, 0.2) is 35.5 Å². The van der Waals surface area contributed by atoms with E-state index in [9.17, 15) is 18.6 Å². The van der Waals surface area contributed by atoms with E-state index in [4.69, 9.17) is 0 Å². The Labute approximate surface area is 212 Å². The number of fused-ring (bicyclic) bond motifs is 1. The van der Waals surface area contributed by atoms with Crippen LogP contribution in [-0.4, -0.2) is 79.0 Å². The predicted octanol–water partition coefficient (Wildman–Crippen LogP) is 3.73. The highest BCUT2D eigenvalue weighted by molar-refractivity contribution is 7.88. The summed E-state index contributed by atoms with van der Waals surface area (Å²) >= 11 is 0. The lowest BCUT2D eigenvalue weighted by Crippen LogP contribution is -2.48. The van der Waals surface area contributed by atoms with Crippen molar-refractivity contribution >= 4 is 10.0 Å². The summed E-state index contributed by atoms with van der Waals surface area (Å²) in [4.78, 5) is 2.44. The zero-order valence-corrected chi connectivity index (χ0v) is 22.8. The van der Waals surface area contributed by atoms with Gasteiger partial charge in [0.05, 0.1) is 18.5 Å². The number of piperazine rings is 1. The summed E-state index contributed by atoms with van der Waals surface area (Å²) in [5, 5.41) is 20.4. The molecular weight excluding hydrogens is 460 g/mol. The summed E-state index contributed by atoms with van der Waals surface area (Å²) < 4.78 is 25.2. The summed E-state index contributed by atoms with van der Waals surface area (Å²) in [5.74, 6) is 2.01. The Kier molecular flexibility index (Phi) is 8.33. The van der Waals surface area contributed by atoms with Gasteiger partial charge in [-0.1, -0.05) is 43.7 Å². The van der Waals surface area contributed by atoms with E-state index in [0.717, 1.165) is 37.5 Å². The number of rotatable bonds is 6. The van der Waals surface area contributed by atoms with Gasteiger partial charge in [0.15, 0.2) is 0 Å². The van der Waals surface area contributed by atoms with Crippen LogP contribution in [0.4, 0.5) is 0 Å². The standard InChI is InChI=1S/C28H46N2O4S/c1-20(11-13-29-14-16-30(17-15-29)35(4,33)34)24-9-10-25-23(6-5-12-28(24,25)3)8-7-22-18-26(31)21(2)27(32)19-22/h7-8,20,24-27,31-32H,2,5-6,9-19H2,1,3-4H3/b22-7-,23-8+/t20?,24-,25+,26-,27+,28-/m1/s1. The molecule has 35 heavy (non-hydrogen) atoms. The van der Waals surface area contributed by atoms with Gasteiger partial charge < -0.3 is 15.1 Å². The molecule has 7 heteroatoms. The molecule has 1 unspecified atom stereocenters. The molecule has 6 atom stereocenters. The molecule has 4 rings (SSSR count). The maximum absolute atomic E-state index is 11.8. The Bertz CT molecular complexity index is 934. The second-order valence-electron chi connectivity index (χ2n) is 11.9. The van der Waals surface area contributed by atoms with E-state index in [1.54, 1.807) is 9.88 Å². The fourth-order valence-corrected chi connectivity index (χ4v) is 8.34. The largest absolute Gasteiger partial charge is 0.388 e. The fraction of sp³-hybridized carbons (Fsp3) is 0.786. The fourth-order valence-electron chi connectivity index (χ4n) is 7.51. The van der Waals surface area contributed by atoms with E-state index in [1.165, 1.54) is 38.4 Å². The van der Waals surface area contributed by atoms with Crippen molar-refractivity contribution in [1.82, 2.24) is 9.21 Å². The lowest BCUT2D eigenvalue weighted by atomic mass is 9.61. The summed E-state index contributed by atoms with van der Waals surface area (Å²) in [7, 11) is -3.07. The van der Waals surface area contributed by atoms with Crippen LogP contribution < -0.4 is 0 Å². The van der Waals surface area contributed by atoms with E-state index >= 15 is 0 Å². The van der Waals surface area contributed by atoms with Gasteiger partial charge in [-0.3, -0.25) is 0 Å². The summed E-state index contributed by atoms with van der Waals surface area (Å²) in [6.07, 6.45) is 13.1. The van der Waals surface area contributed by atoms with E-state index in [1.807, 2.05) is 0 Å². The first-order valence-electron chi connectivity index (χ1n) is 13.6. The van der Waals surface area contributed by atoms with E-state index < -0.39 is 22.2 Å². The van der Waals surface area contributed by atoms with Crippen LogP contribution in [0.2, 0.25) is 0 Å². The van der Waals surface area contributed by atoms with Crippen LogP contribution in [0.1, 0.15) is 65.2 Å². The van der Waals surface area contributed by atoms with Crippen molar-refractivity contribution in [2.75, 3.05) is 39.0 Å². The Morgan fingerprint density at radius 3 is 2.40 bits per heavy atom. The third-order valence-electron chi connectivity index (χ3n) is 9.73. The van der Waals surface area contributed by atoms with Gasteiger partial charge in [0.1, 0.15) is 0 Å². The minimum Gasteiger partial charge on any atom is -0.388 e. The average molecular weight is 507 g/mol. The topological polar surface area (TPSA) is 81.1 Å². The molecule has 0 amide bonds. The van der Waals surface area contributed by atoms with Crippen LogP contribution in [0.5, 0.6) is 0 Å². The van der Waals surface area contributed by atoms with Gasteiger partial charge in [-0.2, -0.15) is 4.31 Å². The molecule has 0 aromatic rings. The lowest BCUT2D eigenvalue weighted by molar-refractivity contribution is 0.0853. The van der Waals surface area contributed by atoms with Gasteiger partial charge in [-0.05, 0) is 86.7 Å². The molecule has 0 radical (unpaired) electrons. The Balaban J connectivity index is 1.35. The molecule has 198 valence electrons. The normalized spacial score (nSPS) is 38.7. The van der Waals surface area contributed by atoms with Gasteiger partial charge in [-0.15, -0.1) is 0 Å². The molecule has 0 aromatic carbocycles. The highest BCUT2D eigenvalue weighted by atomic mass is 32.2. The zero-order chi connectivity index (χ0) is 25.4. The Hall–Kier alpha value is -0.990. The SMILES string of the molecule is C=C1[C@H](O)C/C(=C/C=C2\CCC[C@]3(C)[C@@H](C(C)CCN4CCN(S(C)(=O)=O)CC4)CC[C@@H]23)C[C@@H]1O. The van der Waals surface area contributed by atoms with Crippen LogP contribution in [-0.2, 0) is 10.0 Å². The van der Waals surface area contributed by atoms with Crippen molar-refractivity contribution in [1.29, 1.82) is 0 Å². The quantitative estimate of drug-likeness (QED) is 0.537. The molecule has 6 nitrogen and oxygen atoms in total. The van der Waals surface area contributed by atoms with Crippen molar-refractivity contribution in [3.05, 3.63) is 35.5 Å². The number of nitrogens with zero attached hydrogens (tertiary/aromatic N) is 2. The molecule has 1 aliphatic heterocycles. The first kappa shape index (κ1) is 27.1. The second kappa shape index (κ2) is 10.8. The molecular formula is C28H46N2O4S. The number of hydrogen-bond donors (Lipinski definition) is 2. The third-order valence-corrected chi connectivity index (χ3v) is 11.0. The molecule has 1 saturated heterocycles. The minimum atomic E-state index is -3.07. The Morgan fingerprint density at radius 2 is 1.77 bits per heavy atom. The van der Waals surface area contributed by atoms with Crippen molar-refractivity contribution in [3.63, 3.8) is 0 Å². The molecule has 0 spiro atoms. The average Bonchev–Trinajstić information content (AvgIpc) is 3.16. The number of allylic oxidation sites excluding steroid dienone is 3. The van der Waals surface area contributed by atoms with Gasteiger partial charge in [-0.25, -0.2) is 8.42 Å². The lowest BCUT2D eigenvalue weighted by Gasteiger charge is -2.45. The molecule has 3 aliphatic carbocycles. The van der Waals surface area contributed by atoms with Crippen LogP contribution >= 0.6 is 0 Å². The highest BCUT2D eigenvalue weighted by Crippen LogP contribution is 2.59. The minimum absolute atomic E-state index is 0.344. The molecule has 1 heterocycles. The number of aliphatic hydroxyl groups is 2. The van der Waals surface area contributed by atoms with Gasteiger partial charge in [0.2, 0.25) is 10.0 Å². The first-order chi connectivity index (χ1) is 16.5. The second-order valence-corrected chi connectivity index (χ2v) is 13.9. The summed E-state index contributed by atoms with van der Waals surface area (Å²) in [6.45, 7) is 12.7. The number of hydrogen-bond acceptors (Lipinski definition) is 5. The zero-order valence-electron chi connectivity index (χ0n) is 22.0. The number of sulfonamides is 1. The number of aliphatic hydroxyl groups excluding tert-OH is 2. The van der Waals surface area contributed by atoms with Crippen molar-refractivity contribution in [2.45, 2.75) is 77.4 Å². The van der Waals surface area contributed by atoms with Gasteiger partial charge in [0.25, 0.3) is 0 Å². The van der Waals surface area contributed by atoms with Crippen molar-refractivity contribution in [3.8, 4) is 0 Å². The molecule has 4 aliphatic rings. The van der Waals surface area contributed by atoms with Crippen LogP contribution in [0, 0.1) is 23.2 Å². The van der Waals surface area contributed by atoms with Crippen molar-refractivity contribution < 1.29 is 18.6 Å². The van der Waals surface area contributed by atoms with E-state index in [-0.39, 0.29) is 0 Å². The predicted molar refractivity (Wildman–Crippen MR) is 141 cm³/mol. The maximum atomic E-state index is 11.8. The smallest absolute Gasteiger partial charge is 0.211 e. The van der Waals surface area contributed by atoms with Crippen LogP contribution in [0.25, 0.3) is 0 Å². The molecule has 0 bridgehead atoms.